The van der Waals surface area contributed by atoms with Gasteiger partial charge in [0.2, 0.25) is 0 Å². The van der Waals surface area contributed by atoms with E-state index in [4.69, 9.17) is 0 Å². The second-order valence-electron chi connectivity index (χ2n) is 5.64. The predicted molar refractivity (Wildman–Crippen MR) is 104 cm³/mol. The number of nitrogens with zero attached hydrogens (tertiary/aromatic N) is 3. The van der Waals surface area contributed by atoms with Gasteiger partial charge in [-0.1, -0.05) is 12.1 Å². The summed E-state index contributed by atoms with van der Waals surface area (Å²) in [5.74, 6) is -0.355. The molecule has 4 rings (SSSR count). The summed E-state index contributed by atoms with van der Waals surface area (Å²) >= 11 is 1.46. The van der Waals surface area contributed by atoms with Crippen molar-refractivity contribution >= 4 is 38.8 Å². The van der Waals surface area contributed by atoms with Crippen molar-refractivity contribution in [3.05, 3.63) is 82.5 Å². The first-order valence-corrected chi connectivity index (χ1v) is 8.80. The molecule has 0 unspecified atom stereocenters. The molecule has 1 N–H and O–H groups in total. The third kappa shape index (κ3) is 3.38. The normalized spacial score (nSPS) is 10.7. The molecule has 0 saturated heterocycles. The molecule has 0 spiro atoms. The Bertz CT molecular complexity index is 1120. The van der Waals surface area contributed by atoms with Gasteiger partial charge in [0.15, 0.2) is 0 Å². The fourth-order valence-electron chi connectivity index (χ4n) is 2.60. The SMILES string of the molecule is O=C(Nc1ccc([N+](=O)[O-])cc1)c1cccnc1-c1nc2ccccc2s1. The number of para-hydroxylation sites is 1. The fourth-order valence-corrected chi connectivity index (χ4v) is 3.57. The first-order valence-electron chi connectivity index (χ1n) is 7.98. The number of carbonyl (C=O) groups is 1. The molecule has 2 heterocycles. The summed E-state index contributed by atoms with van der Waals surface area (Å²) in [6, 6.07) is 16.7. The number of carbonyl (C=O) groups excluding carboxylic acids is 1. The largest absolute Gasteiger partial charge is 0.322 e. The van der Waals surface area contributed by atoms with Crippen molar-refractivity contribution in [2.24, 2.45) is 0 Å². The van der Waals surface area contributed by atoms with E-state index in [0.717, 1.165) is 10.2 Å². The standard InChI is InChI=1S/C19H12N4O3S/c24-18(21-12-7-9-13(10-8-12)23(25)26)14-4-3-11-20-17(14)19-22-15-5-1-2-6-16(15)27-19/h1-11H,(H,21,24). The van der Waals surface area contributed by atoms with E-state index in [1.165, 1.54) is 35.6 Å². The van der Waals surface area contributed by atoms with Gasteiger partial charge < -0.3 is 5.32 Å². The molecule has 0 aliphatic heterocycles. The third-order valence-corrected chi connectivity index (χ3v) is 4.93. The molecular formula is C19H12N4O3S. The molecule has 4 aromatic rings. The van der Waals surface area contributed by atoms with E-state index in [0.29, 0.717) is 22.0 Å². The molecule has 2 aromatic heterocycles. The lowest BCUT2D eigenvalue weighted by Crippen LogP contribution is -2.13. The molecule has 7 nitrogen and oxygen atoms in total. The zero-order valence-electron chi connectivity index (χ0n) is 13.8. The smallest absolute Gasteiger partial charge is 0.269 e. The Morgan fingerprint density at radius 1 is 1.04 bits per heavy atom. The summed E-state index contributed by atoms with van der Waals surface area (Å²) in [5, 5.41) is 14.1. The van der Waals surface area contributed by atoms with Gasteiger partial charge in [0.25, 0.3) is 11.6 Å². The molecule has 0 bridgehead atoms. The van der Waals surface area contributed by atoms with Crippen molar-refractivity contribution in [3.8, 4) is 10.7 Å². The maximum absolute atomic E-state index is 12.7. The number of aromatic nitrogens is 2. The van der Waals surface area contributed by atoms with Crippen LogP contribution in [-0.2, 0) is 0 Å². The number of thiazole rings is 1. The molecule has 8 heteroatoms. The highest BCUT2D eigenvalue weighted by molar-refractivity contribution is 7.21. The second kappa shape index (κ2) is 6.93. The maximum Gasteiger partial charge on any atom is 0.269 e. The molecule has 0 radical (unpaired) electrons. The van der Waals surface area contributed by atoms with Gasteiger partial charge in [0.1, 0.15) is 10.7 Å². The van der Waals surface area contributed by atoms with Crippen LogP contribution in [-0.4, -0.2) is 20.8 Å². The van der Waals surface area contributed by atoms with Crippen LogP contribution < -0.4 is 5.32 Å². The molecule has 1 amide bonds. The van der Waals surface area contributed by atoms with Crippen molar-refractivity contribution in [1.29, 1.82) is 0 Å². The van der Waals surface area contributed by atoms with E-state index < -0.39 is 4.92 Å². The molecule has 2 aromatic carbocycles. The van der Waals surface area contributed by atoms with Crippen molar-refractivity contribution in [2.45, 2.75) is 0 Å². The van der Waals surface area contributed by atoms with Crippen molar-refractivity contribution in [1.82, 2.24) is 9.97 Å². The topological polar surface area (TPSA) is 98.0 Å². The van der Waals surface area contributed by atoms with Gasteiger partial charge in [-0.25, -0.2) is 4.98 Å². The van der Waals surface area contributed by atoms with Crippen molar-refractivity contribution in [3.63, 3.8) is 0 Å². The Balaban J connectivity index is 1.65. The van der Waals surface area contributed by atoms with Crippen LogP contribution in [0.1, 0.15) is 10.4 Å². The minimum Gasteiger partial charge on any atom is -0.322 e. The zero-order chi connectivity index (χ0) is 18.8. The van der Waals surface area contributed by atoms with Crippen LogP contribution in [0.2, 0.25) is 0 Å². The van der Waals surface area contributed by atoms with Crippen LogP contribution in [0.25, 0.3) is 20.9 Å². The van der Waals surface area contributed by atoms with E-state index in [1.54, 1.807) is 18.3 Å². The van der Waals surface area contributed by atoms with Gasteiger partial charge in [0.05, 0.1) is 20.7 Å². The summed E-state index contributed by atoms with van der Waals surface area (Å²) in [4.78, 5) is 31.9. The molecule has 0 aliphatic carbocycles. The maximum atomic E-state index is 12.7. The van der Waals surface area contributed by atoms with Gasteiger partial charge in [-0.2, -0.15) is 0 Å². The van der Waals surface area contributed by atoms with Crippen LogP contribution in [0.3, 0.4) is 0 Å². The van der Waals surface area contributed by atoms with Crippen molar-refractivity contribution < 1.29 is 9.72 Å². The number of nitro groups is 1. The lowest BCUT2D eigenvalue weighted by molar-refractivity contribution is -0.384. The average Bonchev–Trinajstić information content (AvgIpc) is 3.12. The minimum absolute atomic E-state index is 0.0375. The third-order valence-electron chi connectivity index (χ3n) is 3.88. The Morgan fingerprint density at radius 2 is 1.81 bits per heavy atom. The number of anilines is 1. The highest BCUT2D eigenvalue weighted by Crippen LogP contribution is 2.31. The highest BCUT2D eigenvalue weighted by Gasteiger charge is 2.17. The zero-order valence-corrected chi connectivity index (χ0v) is 14.6. The summed E-state index contributed by atoms with van der Waals surface area (Å²) in [7, 11) is 0. The van der Waals surface area contributed by atoms with Gasteiger partial charge in [-0.05, 0) is 36.4 Å². The van der Waals surface area contributed by atoms with E-state index in [1.807, 2.05) is 24.3 Å². The summed E-state index contributed by atoms with van der Waals surface area (Å²) < 4.78 is 1.01. The number of rotatable bonds is 4. The Labute approximate surface area is 157 Å². The van der Waals surface area contributed by atoms with E-state index in [2.05, 4.69) is 15.3 Å². The molecule has 0 aliphatic rings. The van der Waals surface area contributed by atoms with Crippen LogP contribution in [0.4, 0.5) is 11.4 Å². The number of pyridine rings is 1. The Kier molecular flexibility index (Phi) is 4.31. The predicted octanol–water partition coefficient (Wildman–Crippen LogP) is 4.52. The van der Waals surface area contributed by atoms with Gasteiger partial charge >= 0.3 is 0 Å². The number of nitro benzene ring substituents is 1. The van der Waals surface area contributed by atoms with Crippen LogP contribution in [0.5, 0.6) is 0 Å². The Morgan fingerprint density at radius 3 is 2.56 bits per heavy atom. The van der Waals surface area contributed by atoms with Gasteiger partial charge in [-0.3, -0.25) is 19.9 Å². The van der Waals surface area contributed by atoms with Crippen molar-refractivity contribution in [2.75, 3.05) is 5.32 Å². The Hall–Kier alpha value is -3.65. The molecule has 132 valence electrons. The molecular weight excluding hydrogens is 364 g/mol. The first-order chi connectivity index (χ1) is 13.1. The summed E-state index contributed by atoms with van der Waals surface area (Å²) in [6.45, 7) is 0. The molecule has 0 atom stereocenters. The van der Waals surface area contributed by atoms with E-state index in [-0.39, 0.29) is 11.6 Å². The first kappa shape index (κ1) is 16.8. The summed E-state index contributed by atoms with van der Waals surface area (Å²) in [6.07, 6.45) is 1.62. The minimum atomic E-state index is -0.488. The monoisotopic (exact) mass is 376 g/mol. The number of benzene rings is 2. The second-order valence-corrected chi connectivity index (χ2v) is 6.68. The lowest BCUT2D eigenvalue weighted by atomic mass is 10.1. The summed E-state index contributed by atoms with van der Waals surface area (Å²) in [5.41, 5.74) is 2.16. The van der Waals surface area contributed by atoms with E-state index >= 15 is 0 Å². The lowest BCUT2D eigenvalue weighted by Gasteiger charge is -2.07. The number of hydrogen-bond acceptors (Lipinski definition) is 6. The number of hydrogen-bond donors (Lipinski definition) is 1. The number of amides is 1. The fraction of sp³-hybridized carbons (Fsp3) is 0. The molecule has 0 saturated carbocycles. The number of fused-ring (bicyclic) bond motifs is 1. The average molecular weight is 376 g/mol. The van der Waals surface area contributed by atoms with Gasteiger partial charge in [-0.15, -0.1) is 11.3 Å². The molecule has 27 heavy (non-hydrogen) atoms. The van der Waals surface area contributed by atoms with Crippen LogP contribution >= 0.6 is 11.3 Å². The van der Waals surface area contributed by atoms with Gasteiger partial charge in [0, 0.05) is 24.0 Å². The number of non-ortho nitro benzene ring substituents is 1. The van der Waals surface area contributed by atoms with Crippen LogP contribution in [0.15, 0.2) is 66.9 Å². The van der Waals surface area contributed by atoms with Crippen LogP contribution in [0, 0.1) is 10.1 Å². The highest BCUT2D eigenvalue weighted by atomic mass is 32.1. The molecule has 0 fully saturated rings. The van der Waals surface area contributed by atoms with E-state index in [9.17, 15) is 14.9 Å². The number of nitrogens with one attached hydrogen (secondary N) is 1. The quantitative estimate of drug-likeness (QED) is 0.417.